The van der Waals surface area contributed by atoms with Gasteiger partial charge in [-0.3, -0.25) is 9.69 Å². The number of nitrogens with zero attached hydrogens (tertiary/aromatic N) is 1. The lowest BCUT2D eigenvalue weighted by atomic mass is 10.2. The molecule has 1 heterocycles. The fourth-order valence-corrected chi connectivity index (χ4v) is 3.84. The van der Waals surface area contributed by atoms with Gasteiger partial charge in [0.15, 0.2) is 0 Å². The Morgan fingerprint density at radius 3 is 2.73 bits per heavy atom. The van der Waals surface area contributed by atoms with Crippen LogP contribution in [0.4, 0.5) is 0 Å². The van der Waals surface area contributed by atoms with Crippen molar-refractivity contribution in [3.63, 3.8) is 0 Å². The van der Waals surface area contributed by atoms with Crippen molar-refractivity contribution in [3.8, 4) is 0 Å². The van der Waals surface area contributed by atoms with Gasteiger partial charge in [0.25, 0.3) is 0 Å². The summed E-state index contributed by atoms with van der Waals surface area (Å²) in [5, 5.41) is 3.00. The van der Waals surface area contributed by atoms with Crippen molar-refractivity contribution in [2.24, 2.45) is 0 Å². The maximum atomic E-state index is 12.1. The van der Waals surface area contributed by atoms with Crippen LogP contribution < -0.4 is 5.32 Å². The zero-order valence-electron chi connectivity index (χ0n) is 14.6. The summed E-state index contributed by atoms with van der Waals surface area (Å²) >= 11 is 4.96. The van der Waals surface area contributed by atoms with Gasteiger partial charge in [-0.15, -0.1) is 11.8 Å². The second-order valence-electron chi connectivity index (χ2n) is 6.26. The average molecular weight is 435 g/mol. The number of amides is 1. The van der Waals surface area contributed by atoms with Crippen LogP contribution in [0.2, 0.25) is 0 Å². The van der Waals surface area contributed by atoms with Crippen LogP contribution in [0.5, 0.6) is 0 Å². The van der Waals surface area contributed by atoms with Crippen LogP contribution >= 0.6 is 27.7 Å². The minimum absolute atomic E-state index is 0.0432. The number of carbonyl (C=O) groups excluding carboxylic acids is 1. The first-order valence-electron chi connectivity index (χ1n) is 8.72. The lowest BCUT2D eigenvalue weighted by molar-refractivity contribution is -0.119. The highest BCUT2D eigenvalue weighted by atomic mass is 79.9. The average Bonchev–Trinajstić information content (AvgIpc) is 2.67. The van der Waals surface area contributed by atoms with Crippen molar-refractivity contribution in [3.05, 3.63) is 64.6 Å². The third kappa shape index (κ3) is 6.43. The molecule has 0 aliphatic carbocycles. The molecule has 1 N–H and O–H groups in total. The van der Waals surface area contributed by atoms with Gasteiger partial charge >= 0.3 is 0 Å². The highest BCUT2D eigenvalue weighted by Gasteiger charge is 2.21. The predicted octanol–water partition coefficient (Wildman–Crippen LogP) is 3.56. The number of benzene rings is 2. The van der Waals surface area contributed by atoms with Crippen molar-refractivity contribution >= 4 is 33.6 Å². The number of hydrogen-bond acceptors (Lipinski definition) is 4. The van der Waals surface area contributed by atoms with E-state index in [2.05, 4.69) is 50.4 Å². The van der Waals surface area contributed by atoms with Crippen LogP contribution in [-0.4, -0.2) is 48.9 Å². The second-order valence-corrected chi connectivity index (χ2v) is 8.22. The first-order valence-corrected chi connectivity index (χ1v) is 10.5. The molecule has 3 rings (SSSR count). The SMILES string of the molecule is O=C(CSc1ccc(Br)cc1)NCC1CN(Cc2ccccc2)CCO1. The van der Waals surface area contributed by atoms with Gasteiger partial charge in [0.1, 0.15) is 0 Å². The topological polar surface area (TPSA) is 41.6 Å². The van der Waals surface area contributed by atoms with Crippen LogP contribution in [-0.2, 0) is 16.1 Å². The molecule has 0 aromatic heterocycles. The summed E-state index contributed by atoms with van der Waals surface area (Å²) in [5.41, 5.74) is 1.31. The van der Waals surface area contributed by atoms with Crippen molar-refractivity contribution < 1.29 is 9.53 Å². The fourth-order valence-electron chi connectivity index (χ4n) is 2.85. The van der Waals surface area contributed by atoms with Crippen LogP contribution in [0.3, 0.4) is 0 Å². The van der Waals surface area contributed by atoms with Crippen LogP contribution in [0.1, 0.15) is 5.56 Å². The Morgan fingerprint density at radius 1 is 1.19 bits per heavy atom. The monoisotopic (exact) mass is 434 g/mol. The Labute approximate surface area is 167 Å². The van der Waals surface area contributed by atoms with E-state index in [1.54, 1.807) is 11.8 Å². The Hall–Kier alpha value is -1.34. The molecule has 1 saturated heterocycles. The lowest BCUT2D eigenvalue weighted by Crippen LogP contribution is -2.47. The number of rotatable bonds is 7. The van der Waals surface area contributed by atoms with E-state index in [1.807, 2.05) is 30.3 Å². The summed E-state index contributed by atoms with van der Waals surface area (Å²) in [4.78, 5) is 15.6. The Morgan fingerprint density at radius 2 is 1.96 bits per heavy atom. The van der Waals surface area contributed by atoms with Gasteiger partial charge in [-0.2, -0.15) is 0 Å². The minimum atomic E-state index is 0.0432. The molecule has 26 heavy (non-hydrogen) atoms. The van der Waals surface area contributed by atoms with Gasteiger partial charge in [0, 0.05) is 35.5 Å². The van der Waals surface area contributed by atoms with E-state index in [-0.39, 0.29) is 12.0 Å². The van der Waals surface area contributed by atoms with Gasteiger partial charge in [0.05, 0.1) is 18.5 Å². The van der Waals surface area contributed by atoms with Crippen LogP contribution in [0.15, 0.2) is 64.0 Å². The molecule has 1 atom stereocenters. The molecule has 0 radical (unpaired) electrons. The molecule has 1 amide bonds. The fraction of sp³-hybridized carbons (Fsp3) is 0.350. The molecule has 2 aromatic carbocycles. The Balaban J connectivity index is 1.38. The summed E-state index contributed by atoms with van der Waals surface area (Å²) < 4.78 is 6.85. The molecule has 2 aromatic rings. The van der Waals surface area contributed by atoms with Crippen LogP contribution in [0, 0.1) is 0 Å². The highest BCUT2D eigenvalue weighted by Crippen LogP contribution is 2.20. The molecule has 138 valence electrons. The minimum Gasteiger partial charge on any atom is -0.374 e. The maximum absolute atomic E-state index is 12.1. The summed E-state index contributed by atoms with van der Waals surface area (Å²) in [6.07, 6.45) is 0.0501. The Kier molecular flexibility index (Phi) is 7.55. The predicted molar refractivity (Wildman–Crippen MR) is 109 cm³/mol. The molecular weight excluding hydrogens is 412 g/mol. The van der Waals surface area contributed by atoms with E-state index in [4.69, 9.17) is 4.74 Å². The van der Waals surface area contributed by atoms with E-state index < -0.39 is 0 Å². The van der Waals surface area contributed by atoms with Crippen molar-refractivity contribution in [2.75, 3.05) is 32.0 Å². The largest absolute Gasteiger partial charge is 0.374 e. The summed E-state index contributed by atoms with van der Waals surface area (Å²) in [5.74, 6) is 0.462. The number of thioether (sulfide) groups is 1. The summed E-state index contributed by atoms with van der Waals surface area (Å²) in [7, 11) is 0. The van der Waals surface area contributed by atoms with Crippen molar-refractivity contribution in [1.82, 2.24) is 10.2 Å². The lowest BCUT2D eigenvalue weighted by Gasteiger charge is -2.33. The maximum Gasteiger partial charge on any atom is 0.230 e. The summed E-state index contributed by atoms with van der Waals surface area (Å²) in [6.45, 7) is 3.97. The van der Waals surface area contributed by atoms with Gasteiger partial charge in [-0.05, 0) is 29.8 Å². The molecular formula is C20H23BrN2O2S. The normalized spacial score (nSPS) is 17.8. The third-order valence-electron chi connectivity index (χ3n) is 4.18. The standard InChI is InChI=1S/C20H23BrN2O2S/c21-17-6-8-19(9-7-17)26-15-20(24)22-12-18-14-23(10-11-25-18)13-16-4-2-1-3-5-16/h1-9,18H,10-15H2,(H,22,24). The number of carbonyl (C=O) groups is 1. The molecule has 0 bridgehead atoms. The number of hydrogen-bond donors (Lipinski definition) is 1. The van der Waals surface area contributed by atoms with Gasteiger partial charge in [0.2, 0.25) is 5.91 Å². The number of nitrogens with one attached hydrogen (secondary N) is 1. The third-order valence-corrected chi connectivity index (χ3v) is 5.72. The molecule has 6 heteroatoms. The van der Waals surface area contributed by atoms with Crippen molar-refractivity contribution in [2.45, 2.75) is 17.5 Å². The molecule has 0 saturated carbocycles. The molecule has 0 spiro atoms. The van der Waals surface area contributed by atoms with Gasteiger partial charge in [-0.1, -0.05) is 46.3 Å². The van der Waals surface area contributed by atoms with Gasteiger partial charge in [-0.25, -0.2) is 0 Å². The zero-order valence-corrected chi connectivity index (χ0v) is 17.0. The molecule has 1 aliphatic heterocycles. The number of ether oxygens (including phenoxy) is 1. The number of halogens is 1. The van der Waals surface area contributed by atoms with E-state index in [1.165, 1.54) is 5.56 Å². The number of morpholine rings is 1. The van der Waals surface area contributed by atoms with Crippen LogP contribution in [0.25, 0.3) is 0 Å². The van der Waals surface area contributed by atoms with E-state index >= 15 is 0 Å². The van der Waals surface area contributed by atoms with E-state index in [0.29, 0.717) is 18.9 Å². The first kappa shape index (κ1) is 19.4. The Bertz CT molecular complexity index is 697. The van der Waals surface area contributed by atoms with E-state index in [0.717, 1.165) is 29.0 Å². The highest BCUT2D eigenvalue weighted by molar-refractivity contribution is 9.10. The quantitative estimate of drug-likeness (QED) is 0.676. The smallest absolute Gasteiger partial charge is 0.230 e. The zero-order chi connectivity index (χ0) is 18.2. The van der Waals surface area contributed by atoms with E-state index in [9.17, 15) is 4.79 Å². The molecule has 4 nitrogen and oxygen atoms in total. The van der Waals surface area contributed by atoms with Crippen molar-refractivity contribution in [1.29, 1.82) is 0 Å². The molecule has 1 fully saturated rings. The first-order chi connectivity index (χ1) is 12.7. The molecule has 1 aliphatic rings. The second kappa shape index (κ2) is 10.1. The van der Waals surface area contributed by atoms with Gasteiger partial charge < -0.3 is 10.1 Å². The molecule has 1 unspecified atom stereocenters. The summed E-state index contributed by atoms with van der Waals surface area (Å²) in [6, 6.07) is 18.4.